The van der Waals surface area contributed by atoms with Gasteiger partial charge >= 0.3 is 0 Å². The fraction of sp³-hybridized carbons (Fsp3) is 0.455. The van der Waals surface area contributed by atoms with E-state index in [2.05, 4.69) is 22.1 Å². The molecule has 78 valence electrons. The van der Waals surface area contributed by atoms with Crippen molar-refractivity contribution in [3.05, 3.63) is 17.8 Å². The predicted octanol–water partition coefficient (Wildman–Crippen LogP) is 1.19. The molecule has 0 bridgehead atoms. The van der Waals surface area contributed by atoms with Crippen molar-refractivity contribution in [1.82, 2.24) is 10.3 Å². The molecule has 0 spiro atoms. The van der Waals surface area contributed by atoms with Crippen molar-refractivity contribution in [3.63, 3.8) is 0 Å². The van der Waals surface area contributed by atoms with Crippen LogP contribution in [0.4, 0.5) is 0 Å². The number of amides is 1. The second kappa shape index (κ2) is 4.18. The molecule has 0 saturated heterocycles. The third-order valence-electron chi connectivity index (χ3n) is 2.16. The van der Waals surface area contributed by atoms with Crippen LogP contribution in [0.25, 0.3) is 0 Å². The molecule has 4 heteroatoms. The van der Waals surface area contributed by atoms with Gasteiger partial charge in [-0.1, -0.05) is 5.92 Å². The molecule has 1 N–H and O–H groups in total. The lowest BCUT2D eigenvalue weighted by Gasteiger charge is -1.95. The molecule has 1 amide bonds. The molecule has 1 aromatic rings. The van der Waals surface area contributed by atoms with Gasteiger partial charge in [-0.25, -0.2) is 4.98 Å². The van der Waals surface area contributed by atoms with E-state index in [-0.39, 0.29) is 5.91 Å². The molecule has 15 heavy (non-hydrogen) atoms. The molecule has 1 fully saturated rings. The summed E-state index contributed by atoms with van der Waals surface area (Å²) >= 11 is 0. The Balaban J connectivity index is 1.86. The van der Waals surface area contributed by atoms with Crippen molar-refractivity contribution in [2.75, 3.05) is 0 Å². The van der Waals surface area contributed by atoms with Gasteiger partial charge in [-0.15, -0.1) is 0 Å². The van der Waals surface area contributed by atoms with Crippen LogP contribution in [0.3, 0.4) is 0 Å². The lowest BCUT2D eigenvalue weighted by Crippen LogP contribution is -2.20. The largest absolute Gasteiger partial charge is 0.444 e. The van der Waals surface area contributed by atoms with Gasteiger partial charge in [0.15, 0.2) is 5.89 Å². The Kier molecular flexibility index (Phi) is 2.72. The monoisotopic (exact) mass is 204 g/mol. The van der Waals surface area contributed by atoms with Crippen molar-refractivity contribution in [2.24, 2.45) is 0 Å². The highest BCUT2D eigenvalue weighted by Gasteiger charge is 2.28. The van der Waals surface area contributed by atoms with Gasteiger partial charge in [0, 0.05) is 5.92 Å². The molecule has 0 unspecified atom stereocenters. The SMILES string of the molecule is CC#CC(=O)NCc1cnc(C2CC2)o1. The number of oxazole rings is 1. The second-order valence-electron chi connectivity index (χ2n) is 3.50. The minimum Gasteiger partial charge on any atom is -0.444 e. The van der Waals surface area contributed by atoms with E-state index in [0.717, 1.165) is 18.7 Å². The summed E-state index contributed by atoms with van der Waals surface area (Å²) in [6, 6.07) is 0. The smallest absolute Gasteiger partial charge is 0.296 e. The van der Waals surface area contributed by atoms with Crippen LogP contribution in [-0.2, 0) is 11.3 Å². The average Bonchev–Trinajstić information content (AvgIpc) is 2.96. The highest BCUT2D eigenvalue weighted by atomic mass is 16.4. The van der Waals surface area contributed by atoms with Crippen LogP contribution >= 0.6 is 0 Å². The topological polar surface area (TPSA) is 55.1 Å². The molecular weight excluding hydrogens is 192 g/mol. The van der Waals surface area contributed by atoms with E-state index in [1.165, 1.54) is 0 Å². The van der Waals surface area contributed by atoms with Crippen molar-refractivity contribution in [1.29, 1.82) is 0 Å². The number of hydrogen-bond acceptors (Lipinski definition) is 3. The molecule has 1 aliphatic rings. The van der Waals surface area contributed by atoms with Crippen molar-refractivity contribution in [2.45, 2.75) is 32.2 Å². The van der Waals surface area contributed by atoms with E-state index in [9.17, 15) is 4.79 Å². The quantitative estimate of drug-likeness (QED) is 0.752. The van der Waals surface area contributed by atoms with E-state index in [0.29, 0.717) is 18.2 Å². The zero-order valence-corrected chi connectivity index (χ0v) is 8.54. The first-order chi connectivity index (χ1) is 7.29. The molecule has 0 aromatic carbocycles. The summed E-state index contributed by atoms with van der Waals surface area (Å²) in [5.41, 5.74) is 0. The molecule has 2 rings (SSSR count). The Hall–Kier alpha value is -1.76. The summed E-state index contributed by atoms with van der Waals surface area (Å²) in [6.07, 6.45) is 3.98. The third-order valence-corrected chi connectivity index (χ3v) is 2.16. The number of aromatic nitrogens is 1. The molecule has 1 heterocycles. The molecule has 0 aliphatic heterocycles. The van der Waals surface area contributed by atoms with Crippen LogP contribution in [0.15, 0.2) is 10.6 Å². The van der Waals surface area contributed by atoms with Gasteiger partial charge in [0.1, 0.15) is 5.76 Å². The van der Waals surface area contributed by atoms with Crippen LogP contribution in [0.5, 0.6) is 0 Å². The van der Waals surface area contributed by atoms with Gasteiger partial charge < -0.3 is 9.73 Å². The summed E-state index contributed by atoms with van der Waals surface area (Å²) in [7, 11) is 0. The van der Waals surface area contributed by atoms with Crippen LogP contribution in [0.2, 0.25) is 0 Å². The second-order valence-corrected chi connectivity index (χ2v) is 3.50. The normalized spacial score (nSPS) is 14.2. The van der Waals surface area contributed by atoms with Gasteiger partial charge in [0.25, 0.3) is 5.91 Å². The number of carbonyl (C=O) groups excluding carboxylic acids is 1. The molecule has 1 aliphatic carbocycles. The maximum absolute atomic E-state index is 11.0. The van der Waals surface area contributed by atoms with Crippen LogP contribution in [-0.4, -0.2) is 10.9 Å². The van der Waals surface area contributed by atoms with E-state index >= 15 is 0 Å². The summed E-state index contributed by atoms with van der Waals surface area (Å²) in [5, 5.41) is 2.63. The number of nitrogens with one attached hydrogen (secondary N) is 1. The number of nitrogens with zero attached hydrogens (tertiary/aromatic N) is 1. The molecular formula is C11H12N2O2. The number of rotatable bonds is 3. The average molecular weight is 204 g/mol. The van der Waals surface area contributed by atoms with Crippen LogP contribution < -0.4 is 5.32 Å². The third kappa shape index (κ3) is 2.59. The van der Waals surface area contributed by atoms with E-state index in [4.69, 9.17) is 4.42 Å². The number of hydrogen-bond donors (Lipinski definition) is 1. The fourth-order valence-corrected chi connectivity index (χ4v) is 1.25. The highest BCUT2D eigenvalue weighted by molar-refractivity contribution is 5.93. The highest BCUT2D eigenvalue weighted by Crippen LogP contribution is 2.39. The zero-order chi connectivity index (χ0) is 10.7. The molecule has 4 nitrogen and oxygen atoms in total. The van der Waals surface area contributed by atoms with E-state index in [1.807, 2.05) is 0 Å². The van der Waals surface area contributed by atoms with Crippen molar-refractivity contribution < 1.29 is 9.21 Å². The van der Waals surface area contributed by atoms with Crippen LogP contribution in [0.1, 0.15) is 37.3 Å². The fourth-order valence-electron chi connectivity index (χ4n) is 1.25. The molecule has 1 aromatic heterocycles. The summed E-state index contributed by atoms with van der Waals surface area (Å²) in [5.74, 6) is 6.61. The lowest BCUT2D eigenvalue weighted by atomic mass is 10.4. The van der Waals surface area contributed by atoms with Gasteiger partial charge in [-0.2, -0.15) is 0 Å². The standard InChI is InChI=1S/C11H12N2O2/c1-2-3-10(14)12-6-9-7-13-11(15-9)8-4-5-8/h7-8H,4-6H2,1H3,(H,12,14). The first-order valence-corrected chi connectivity index (χ1v) is 4.95. The minimum absolute atomic E-state index is 0.290. The van der Waals surface area contributed by atoms with Gasteiger partial charge in [-0.3, -0.25) is 4.79 Å². The molecule has 0 radical (unpaired) electrons. The minimum atomic E-state index is -0.290. The Morgan fingerprint density at radius 1 is 1.73 bits per heavy atom. The Morgan fingerprint density at radius 3 is 3.20 bits per heavy atom. The summed E-state index contributed by atoms with van der Waals surface area (Å²) in [6.45, 7) is 1.98. The lowest BCUT2D eigenvalue weighted by molar-refractivity contribution is -0.115. The molecule has 0 atom stereocenters. The Morgan fingerprint density at radius 2 is 2.53 bits per heavy atom. The predicted molar refractivity (Wildman–Crippen MR) is 53.8 cm³/mol. The van der Waals surface area contributed by atoms with E-state index < -0.39 is 0 Å². The number of carbonyl (C=O) groups is 1. The maximum atomic E-state index is 11.0. The Labute approximate surface area is 88.1 Å². The maximum Gasteiger partial charge on any atom is 0.296 e. The first-order valence-electron chi connectivity index (χ1n) is 4.95. The van der Waals surface area contributed by atoms with Crippen LogP contribution in [0, 0.1) is 11.8 Å². The summed E-state index contributed by atoms with van der Waals surface area (Å²) in [4.78, 5) is 15.2. The van der Waals surface area contributed by atoms with Gasteiger partial charge in [-0.05, 0) is 25.7 Å². The molecule has 1 saturated carbocycles. The van der Waals surface area contributed by atoms with Crippen molar-refractivity contribution in [3.8, 4) is 11.8 Å². The van der Waals surface area contributed by atoms with Gasteiger partial charge in [0.05, 0.1) is 12.7 Å². The van der Waals surface area contributed by atoms with Crippen molar-refractivity contribution >= 4 is 5.91 Å². The summed E-state index contributed by atoms with van der Waals surface area (Å²) < 4.78 is 5.46. The Bertz CT molecular complexity index is 421. The van der Waals surface area contributed by atoms with Gasteiger partial charge in [0.2, 0.25) is 0 Å². The zero-order valence-electron chi connectivity index (χ0n) is 8.54. The van der Waals surface area contributed by atoms with E-state index in [1.54, 1.807) is 13.1 Å². The first kappa shape index (κ1) is 9.78.